The lowest BCUT2D eigenvalue weighted by Gasteiger charge is -2.28. The summed E-state index contributed by atoms with van der Waals surface area (Å²) in [6, 6.07) is 3.67. The molecule has 0 bridgehead atoms. The molecule has 9 heteroatoms. The predicted octanol–water partition coefficient (Wildman–Crippen LogP) is 1.00. The molecule has 1 aromatic rings. The van der Waals surface area contributed by atoms with Crippen LogP contribution in [0.2, 0.25) is 0 Å². The molecule has 0 aliphatic carbocycles. The summed E-state index contributed by atoms with van der Waals surface area (Å²) in [5.41, 5.74) is 6.41. The number of hydrogen-bond donors (Lipinski definition) is 2. The number of nitrogens with one attached hydrogen (secondary N) is 1. The molecule has 0 spiro atoms. The monoisotopic (exact) mass is 394 g/mol. The predicted molar refractivity (Wildman–Crippen MR) is 102 cm³/mol. The van der Waals surface area contributed by atoms with Gasteiger partial charge in [-0.1, -0.05) is 19.9 Å². The van der Waals surface area contributed by atoms with Gasteiger partial charge in [0.05, 0.1) is 0 Å². The molecule has 1 aromatic heterocycles. The summed E-state index contributed by atoms with van der Waals surface area (Å²) in [6.45, 7) is 5.11. The summed E-state index contributed by atoms with van der Waals surface area (Å²) in [6.07, 6.45) is 3.35. The fourth-order valence-electron chi connectivity index (χ4n) is 1.89. The maximum Gasteiger partial charge on any atom is 0.248 e. The van der Waals surface area contributed by atoms with Gasteiger partial charge < -0.3 is 20.7 Å². The molecule has 0 aliphatic heterocycles. The number of ether oxygens (including phenoxy) is 1. The van der Waals surface area contributed by atoms with Gasteiger partial charge in [-0.2, -0.15) is 0 Å². The average Bonchev–Trinajstić information content (AvgIpc) is 2.53. The molecular formula is C16H28Cl2N4O3. The first-order valence-corrected chi connectivity index (χ1v) is 7.51. The fourth-order valence-corrected chi connectivity index (χ4v) is 1.89. The van der Waals surface area contributed by atoms with Gasteiger partial charge in [-0.15, -0.1) is 24.8 Å². The maximum atomic E-state index is 11.9. The van der Waals surface area contributed by atoms with E-state index in [0.717, 1.165) is 5.56 Å². The van der Waals surface area contributed by atoms with E-state index in [1.165, 1.54) is 0 Å². The molecule has 1 rings (SSSR count). The Morgan fingerprint density at radius 3 is 2.56 bits per heavy atom. The highest BCUT2D eigenvalue weighted by Gasteiger charge is 2.21. The van der Waals surface area contributed by atoms with E-state index in [4.69, 9.17) is 10.5 Å². The first-order chi connectivity index (χ1) is 10.8. The van der Waals surface area contributed by atoms with Crippen molar-refractivity contribution in [3.05, 3.63) is 30.1 Å². The van der Waals surface area contributed by atoms with E-state index in [0.29, 0.717) is 19.6 Å². The van der Waals surface area contributed by atoms with E-state index in [9.17, 15) is 9.59 Å². The number of nitrogens with zero attached hydrogens (tertiary/aromatic N) is 2. The Labute approximate surface area is 161 Å². The molecule has 0 aromatic carbocycles. The molecular weight excluding hydrogens is 367 g/mol. The minimum absolute atomic E-state index is 0. The van der Waals surface area contributed by atoms with Crippen LogP contribution >= 0.6 is 24.8 Å². The van der Waals surface area contributed by atoms with Crippen molar-refractivity contribution in [1.29, 1.82) is 0 Å². The Bertz CT molecular complexity index is 515. The first kappa shape index (κ1) is 25.8. The van der Waals surface area contributed by atoms with Crippen molar-refractivity contribution in [2.75, 3.05) is 33.4 Å². The molecule has 144 valence electrons. The van der Waals surface area contributed by atoms with Crippen molar-refractivity contribution in [3.8, 4) is 0 Å². The Kier molecular flexibility index (Phi) is 13.3. The fraction of sp³-hybridized carbons (Fsp3) is 0.562. The number of nitrogens with two attached hydrogens (primary N) is 1. The number of halogens is 2. The third-order valence-corrected chi connectivity index (χ3v) is 3.31. The molecule has 7 nitrogen and oxygen atoms in total. The molecule has 0 atom stereocenters. The number of rotatable bonds is 9. The maximum absolute atomic E-state index is 11.9. The van der Waals surface area contributed by atoms with Crippen LogP contribution in [0.4, 0.5) is 0 Å². The molecule has 0 fully saturated rings. The lowest BCUT2D eigenvalue weighted by Crippen LogP contribution is -2.41. The highest BCUT2D eigenvalue weighted by Crippen LogP contribution is 2.13. The van der Waals surface area contributed by atoms with Crippen molar-refractivity contribution in [2.24, 2.45) is 11.1 Å². The van der Waals surface area contributed by atoms with Crippen molar-refractivity contribution < 1.29 is 14.3 Å². The summed E-state index contributed by atoms with van der Waals surface area (Å²) < 4.78 is 5.16. The van der Waals surface area contributed by atoms with E-state index in [1.807, 2.05) is 19.9 Å². The van der Waals surface area contributed by atoms with E-state index in [1.54, 1.807) is 30.4 Å². The van der Waals surface area contributed by atoms with Gasteiger partial charge in [0.2, 0.25) is 11.8 Å². The normalized spacial score (nSPS) is 10.2. The van der Waals surface area contributed by atoms with Crippen molar-refractivity contribution in [1.82, 2.24) is 15.2 Å². The minimum Gasteiger partial charge on any atom is -0.362 e. The van der Waals surface area contributed by atoms with Gasteiger partial charge in [-0.05, 0) is 23.6 Å². The van der Waals surface area contributed by atoms with Crippen LogP contribution in [0.25, 0.3) is 0 Å². The van der Waals surface area contributed by atoms with Crippen LogP contribution in [0.5, 0.6) is 0 Å². The molecule has 0 unspecified atom stereocenters. The topological polar surface area (TPSA) is 97.5 Å². The molecule has 0 aliphatic rings. The molecule has 1 heterocycles. The van der Waals surface area contributed by atoms with Crippen LogP contribution in [0.15, 0.2) is 24.5 Å². The van der Waals surface area contributed by atoms with Crippen molar-refractivity contribution >= 4 is 36.6 Å². The van der Waals surface area contributed by atoms with Crippen LogP contribution in [0.1, 0.15) is 19.4 Å². The zero-order valence-electron chi connectivity index (χ0n) is 14.9. The molecule has 0 saturated carbocycles. The van der Waals surface area contributed by atoms with Gasteiger partial charge in [0, 0.05) is 32.5 Å². The number of carbonyl (C=O) groups excluding carboxylic acids is 2. The molecule has 3 N–H and O–H groups in total. The zero-order chi connectivity index (χ0) is 17.3. The Hall–Kier alpha value is -1.41. The van der Waals surface area contributed by atoms with Crippen LogP contribution in [0.3, 0.4) is 0 Å². The second-order valence-corrected chi connectivity index (χ2v) is 6.25. The van der Waals surface area contributed by atoms with Crippen LogP contribution in [0, 0.1) is 5.41 Å². The van der Waals surface area contributed by atoms with Crippen LogP contribution in [-0.2, 0) is 20.9 Å². The minimum atomic E-state index is -0.272. The standard InChI is InChI=1S/C16H26N4O3.2ClH/c1-16(2,11-17)12-20(3)15(22)10-23-9-14(21)19-8-13-5-4-6-18-7-13;;/h4-7H,8-12,17H2,1-3H3,(H,19,21);2*1H. The van der Waals surface area contributed by atoms with Crippen molar-refractivity contribution in [2.45, 2.75) is 20.4 Å². The van der Waals surface area contributed by atoms with E-state index >= 15 is 0 Å². The van der Waals surface area contributed by atoms with Gasteiger partial charge in [0.1, 0.15) is 13.2 Å². The Balaban J connectivity index is 0. The third-order valence-electron chi connectivity index (χ3n) is 3.31. The number of aromatic nitrogens is 1. The van der Waals surface area contributed by atoms with Crippen LogP contribution in [-0.4, -0.2) is 55.0 Å². The second-order valence-electron chi connectivity index (χ2n) is 6.25. The van der Waals surface area contributed by atoms with Gasteiger partial charge in [0.15, 0.2) is 0 Å². The number of pyridine rings is 1. The van der Waals surface area contributed by atoms with E-state index < -0.39 is 0 Å². The summed E-state index contributed by atoms with van der Waals surface area (Å²) in [5, 5.41) is 2.70. The molecule has 0 radical (unpaired) electrons. The number of likely N-dealkylation sites (N-methyl/N-ethyl adjacent to an activating group) is 1. The number of amides is 2. The quantitative estimate of drug-likeness (QED) is 0.650. The van der Waals surface area contributed by atoms with Gasteiger partial charge in [-0.25, -0.2) is 0 Å². The van der Waals surface area contributed by atoms with Gasteiger partial charge >= 0.3 is 0 Å². The number of carbonyl (C=O) groups is 2. The lowest BCUT2D eigenvalue weighted by atomic mass is 9.93. The van der Waals surface area contributed by atoms with Gasteiger partial charge in [-0.3, -0.25) is 14.6 Å². The van der Waals surface area contributed by atoms with E-state index in [-0.39, 0.29) is 55.3 Å². The lowest BCUT2D eigenvalue weighted by molar-refractivity contribution is -0.138. The summed E-state index contributed by atoms with van der Waals surface area (Å²) >= 11 is 0. The smallest absolute Gasteiger partial charge is 0.248 e. The zero-order valence-corrected chi connectivity index (χ0v) is 16.5. The molecule has 0 saturated heterocycles. The summed E-state index contributed by atoms with van der Waals surface area (Å²) in [7, 11) is 1.70. The number of hydrogen-bond acceptors (Lipinski definition) is 5. The Morgan fingerprint density at radius 2 is 2.00 bits per heavy atom. The second kappa shape index (κ2) is 12.9. The van der Waals surface area contributed by atoms with Crippen molar-refractivity contribution in [3.63, 3.8) is 0 Å². The highest BCUT2D eigenvalue weighted by molar-refractivity contribution is 5.85. The SMILES string of the molecule is CN(CC(C)(C)CN)C(=O)COCC(=O)NCc1cccnc1.Cl.Cl. The van der Waals surface area contributed by atoms with E-state index in [2.05, 4.69) is 10.3 Å². The summed E-state index contributed by atoms with van der Waals surface area (Å²) in [5.74, 6) is -0.446. The first-order valence-electron chi connectivity index (χ1n) is 7.51. The largest absolute Gasteiger partial charge is 0.362 e. The third kappa shape index (κ3) is 10.9. The van der Waals surface area contributed by atoms with Gasteiger partial charge in [0.25, 0.3) is 0 Å². The molecule has 25 heavy (non-hydrogen) atoms. The highest BCUT2D eigenvalue weighted by atomic mass is 35.5. The summed E-state index contributed by atoms with van der Waals surface area (Å²) in [4.78, 5) is 29.1. The average molecular weight is 395 g/mol. The molecule has 2 amide bonds. The Morgan fingerprint density at radius 1 is 1.32 bits per heavy atom. The van der Waals surface area contributed by atoms with Crippen LogP contribution < -0.4 is 11.1 Å².